The predicted octanol–water partition coefficient (Wildman–Crippen LogP) is 4.08. The number of aryl methyl sites for hydroxylation is 1. The summed E-state index contributed by atoms with van der Waals surface area (Å²) in [5, 5.41) is 3.26. The first-order chi connectivity index (χ1) is 11.4. The molecule has 1 N–H and O–H groups in total. The van der Waals surface area contributed by atoms with E-state index in [1.54, 1.807) is 6.07 Å². The lowest BCUT2D eigenvalue weighted by molar-refractivity contribution is -0.115. The minimum atomic E-state index is -0.559. The van der Waals surface area contributed by atoms with Gasteiger partial charge in [0.1, 0.15) is 11.4 Å². The van der Waals surface area contributed by atoms with Crippen LogP contribution < -0.4 is 10.9 Å². The van der Waals surface area contributed by atoms with Crippen molar-refractivity contribution in [2.24, 2.45) is 0 Å². The van der Waals surface area contributed by atoms with E-state index in [0.717, 1.165) is 5.56 Å². The maximum atomic E-state index is 13.1. The monoisotopic (exact) mass is 345 g/mol. The Balaban J connectivity index is 1.87. The zero-order chi connectivity index (χ0) is 17.3. The number of hydrogen-bond acceptors (Lipinski definition) is 3. The van der Waals surface area contributed by atoms with E-state index in [1.807, 2.05) is 19.1 Å². The Morgan fingerprint density at radius 1 is 1.21 bits per heavy atom. The lowest BCUT2D eigenvalue weighted by Gasteiger charge is -2.08. The molecule has 0 aliphatic rings. The molecule has 0 spiro atoms. The summed E-state index contributed by atoms with van der Waals surface area (Å²) < 4.78 is 18.3. The molecule has 122 valence electrons. The number of halogens is 2. The van der Waals surface area contributed by atoms with Crippen LogP contribution in [0.4, 0.5) is 10.1 Å². The molecule has 0 unspecified atom stereocenters. The lowest BCUT2D eigenvalue weighted by atomic mass is 10.1. The molecular weight excluding hydrogens is 333 g/mol. The number of rotatable bonds is 3. The van der Waals surface area contributed by atoms with Crippen LogP contribution in [0.25, 0.3) is 11.0 Å². The maximum absolute atomic E-state index is 13.1. The van der Waals surface area contributed by atoms with E-state index in [-0.39, 0.29) is 17.4 Å². The molecule has 6 heteroatoms. The number of amides is 1. The van der Waals surface area contributed by atoms with Gasteiger partial charge < -0.3 is 9.73 Å². The molecule has 0 saturated carbocycles. The standard InChI is InChI=1S/C18H13ClFNO3/c1-10-2-4-13-11(8-18(23)24-16(13)6-10)7-17(22)21-12-3-5-15(20)14(19)9-12/h2-6,8-9H,7H2,1H3,(H,21,22). The van der Waals surface area contributed by atoms with Gasteiger partial charge in [0.05, 0.1) is 11.4 Å². The highest BCUT2D eigenvalue weighted by molar-refractivity contribution is 6.31. The molecule has 0 saturated heterocycles. The summed E-state index contributed by atoms with van der Waals surface area (Å²) in [4.78, 5) is 23.9. The Bertz CT molecular complexity index is 997. The van der Waals surface area contributed by atoms with Gasteiger partial charge in [0, 0.05) is 17.1 Å². The first-order valence-electron chi connectivity index (χ1n) is 7.20. The minimum Gasteiger partial charge on any atom is -0.423 e. The van der Waals surface area contributed by atoms with Gasteiger partial charge in [-0.25, -0.2) is 9.18 Å². The van der Waals surface area contributed by atoms with E-state index in [2.05, 4.69) is 5.32 Å². The summed E-state index contributed by atoms with van der Waals surface area (Å²) in [6, 6.07) is 10.7. The number of hydrogen-bond donors (Lipinski definition) is 1. The molecule has 2 aromatic carbocycles. The second kappa shape index (κ2) is 6.45. The summed E-state index contributed by atoms with van der Waals surface area (Å²) >= 11 is 5.69. The van der Waals surface area contributed by atoms with Crippen molar-refractivity contribution in [2.45, 2.75) is 13.3 Å². The third-order valence-corrected chi connectivity index (χ3v) is 3.83. The molecule has 0 fully saturated rings. The van der Waals surface area contributed by atoms with E-state index in [4.69, 9.17) is 16.0 Å². The predicted molar refractivity (Wildman–Crippen MR) is 91.0 cm³/mol. The van der Waals surface area contributed by atoms with Crippen molar-refractivity contribution in [3.63, 3.8) is 0 Å². The molecule has 3 rings (SSSR count). The van der Waals surface area contributed by atoms with Crippen LogP contribution in [0.15, 0.2) is 51.7 Å². The van der Waals surface area contributed by atoms with Gasteiger partial charge in [0.2, 0.25) is 5.91 Å². The quantitative estimate of drug-likeness (QED) is 0.728. The third kappa shape index (κ3) is 3.46. The Labute approximate surface area is 141 Å². The topological polar surface area (TPSA) is 59.3 Å². The lowest BCUT2D eigenvalue weighted by Crippen LogP contribution is -2.16. The molecule has 0 aliphatic heterocycles. The number of nitrogens with one attached hydrogen (secondary N) is 1. The van der Waals surface area contributed by atoms with Crippen molar-refractivity contribution in [2.75, 3.05) is 5.32 Å². The molecule has 3 aromatic rings. The van der Waals surface area contributed by atoms with Gasteiger partial charge in [-0.15, -0.1) is 0 Å². The number of fused-ring (bicyclic) bond motifs is 1. The van der Waals surface area contributed by atoms with Gasteiger partial charge in [0.15, 0.2) is 0 Å². The Kier molecular flexibility index (Phi) is 4.36. The highest BCUT2D eigenvalue weighted by atomic mass is 35.5. The van der Waals surface area contributed by atoms with Crippen LogP contribution in [0.3, 0.4) is 0 Å². The van der Waals surface area contributed by atoms with Crippen molar-refractivity contribution in [3.8, 4) is 0 Å². The van der Waals surface area contributed by atoms with Crippen LogP contribution in [0, 0.1) is 12.7 Å². The van der Waals surface area contributed by atoms with Crippen LogP contribution in [0.1, 0.15) is 11.1 Å². The number of anilines is 1. The second-order valence-corrected chi connectivity index (χ2v) is 5.85. The van der Waals surface area contributed by atoms with Gasteiger partial charge in [0.25, 0.3) is 0 Å². The van der Waals surface area contributed by atoms with Gasteiger partial charge in [-0.05, 0) is 42.3 Å². The Hall–Kier alpha value is -2.66. The summed E-state index contributed by atoms with van der Waals surface area (Å²) in [7, 11) is 0. The van der Waals surface area contributed by atoms with E-state index >= 15 is 0 Å². The molecule has 0 bridgehead atoms. The largest absolute Gasteiger partial charge is 0.423 e. The van der Waals surface area contributed by atoms with Gasteiger partial charge in [-0.3, -0.25) is 4.79 Å². The van der Waals surface area contributed by atoms with Crippen molar-refractivity contribution >= 4 is 34.2 Å². The summed E-state index contributed by atoms with van der Waals surface area (Å²) in [5.74, 6) is -0.901. The van der Waals surface area contributed by atoms with Crippen LogP contribution >= 0.6 is 11.6 Å². The first-order valence-corrected chi connectivity index (χ1v) is 7.58. The van der Waals surface area contributed by atoms with E-state index in [9.17, 15) is 14.0 Å². The number of carbonyl (C=O) groups is 1. The molecule has 24 heavy (non-hydrogen) atoms. The Morgan fingerprint density at radius 3 is 2.75 bits per heavy atom. The van der Waals surface area contributed by atoms with Crippen LogP contribution in [-0.4, -0.2) is 5.91 Å². The van der Waals surface area contributed by atoms with Crippen LogP contribution in [-0.2, 0) is 11.2 Å². The second-order valence-electron chi connectivity index (χ2n) is 5.44. The van der Waals surface area contributed by atoms with Gasteiger partial charge in [-0.2, -0.15) is 0 Å². The molecule has 1 heterocycles. The molecular formula is C18H13ClFNO3. The van der Waals surface area contributed by atoms with Crippen LogP contribution in [0.5, 0.6) is 0 Å². The first kappa shape index (κ1) is 16.2. The molecule has 4 nitrogen and oxygen atoms in total. The molecule has 1 aromatic heterocycles. The van der Waals surface area contributed by atoms with E-state index < -0.39 is 11.4 Å². The van der Waals surface area contributed by atoms with E-state index in [1.165, 1.54) is 24.3 Å². The van der Waals surface area contributed by atoms with Crippen molar-refractivity contribution in [1.82, 2.24) is 0 Å². The average Bonchev–Trinajstić information content (AvgIpc) is 2.50. The summed E-state index contributed by atoms with van der Waals surface area (Å²) in [5.41, 5.74) is 1.82. The molecule has 0 radical (unpaired) electrons. The van der Waals surface area contributed by atoms with Gasteiger partial charge in [-0.1, -0.05) is 23.7 Å². The fourth-order valence-corrected chi connectivity index (χ4v) is 2.62. The van der Waals surface area contributed by atoms with Crippen molar-refractivity contribution in [1.29, 1.82) is 0 Å². The van der Waals surface area contributed by atoms with Crippen molar-refractivity contribution in [3.05, 3.63) is 74.9 Å². The van der Waals surface area contributed by atoms with Crippen LogP contribution in [0.2, 0.25) is 5.02 Å². The maximum Gasteiger partial charge on any atom is 0.336 e. The fraction of sp³-hybridized carbons (Fsp3) is 0.111. The molecule has 1 amide bonds. The zero-order valence-electron chi connectivity index (χ0n) is 12.7. The smallest absolute Gasteiger partial charge is 0.336 e. The normalized spacial score (nSPS) is 10.8. The van der Waals surface area contributed by atoms with Crippen molar-refractivity contribution < 1.29 is 13.6 Å². The highest BCUT2D eigenvalue weighted by Gasteiger charge is 2.11. The Morgan fingerprint density at radius 2 is 2.00 bits per heavy atom. The molecule has 0 aliphatic carbocycles. The average molecular weight is 346 g/mol. The summed E-state index contributed by atoms with van der Waals surface area (Å²) in [6.45, 7) is 1.89. The number of carbonyl (C=O) groups excluding carboxylic acids is 1. The summed E-state index contributed by atoms with van der Waals surface area (Å²) in [6.07, 6.45) is -0.0137. The number of benzene rings is 2. The molecule has 0 atom stereocenters. The third-order valence-electron chi connectivity index (χ3n) is 3.54. The SMILES string of the molecule is Cc1ccc2c(CC(=O)Nc3ccc(F)c(Cl)c3)cc(=O)oc2c1. The van der Waals surface area contributed by atoms with Gasteiger partial charge >= 0.3 is 5.63 Å². The highest BCUT2D eigenvalue weighted by Crippen LogP contribution is 2.21. The fourth-order valence-electron chi connectivity index (χ4n) is 2.44. The minimum absolute atomic E-state index is 0.0137. The van der Waals surface area contributed by atoms with E-state index in [0.29, 0.717) is 22.2 Å². The zero-order valence-corrected chi connectivity index (χ0v) is 13.5.